The first-order valence-corrected chi connectivity index (χ1v) is 14.4. The molecule has 0 bridgehead atoms. The molecule has 11 heteroatoms. The number of thiazole rings is 1. The molecule has 6 rings (SSSR count). The first-order valence-electron chi connectivity index (χ1n) is 13.6. The molecule has 1 amide bonds. The maximum absolute atomic E-state index is 13.7. The Kier molecular flexibility index (Phi) is 7.64. The lowest BCUT2D eigenvalue weighted by atomic mass is 9.95. The number of hydrogen-bond donors (Lipinski definition) is 1. The van der Waals surface area contributed by atoms with E-state index in [9.17, 15) is 14.7 Å². The molecule has 4 aromatic rings. The Bertz CT molecular complexity index is 1780. The third kappa shape index (κ3) is 5.12. The molecule has 0 radical (unpaired) electrons. The standard InChI is InChI=1S/C32H28N2O8S/c1-4-12-40-22-10-6-18(15-24(22)39-5-2)28-27(29(35)19-7-11-23-25(16-19)42-14-13-41-23)30(36)31(37)34(28)32-33-21-9-8-20(38-3)17-26(21)43-32/h4,6-11,15-17,28,35H,1,5,12-14H2,2-3H3/b29-27+/t28-/m0/s1. The van der Waals surface area contributed by atoms with Gasteiger partial charge in [0.1, 0.15) is 31.3 Å². The second-order valence-electron chi connectivity index (χ2n) is 9.60. The van der Waals surface area contributed by atoms with E-state index in [2.05, 4.69) is 11.6 Å². The van der Waals surface area contributed by atoms with Gasteiger partial charge in [-0.15, -0.1) is 0 Å². The summed E-state index contributed by atoms with van der Waals surface area (Å²) in [5.41, 5.74) is 1.36. The van der Waals surface area contributed by atoms with Gasteiger partial charge in [-0.1, -0.05) is 30.1 Å². The highest BCUT2D eigenvalue weighted by Gasteiger charge is 2.48. The highest BCUT2D eigenvalue weighted by Crippen LogP contribution is 2.46. The fourth-order valence-corrected chi connectivity index (χ4v) is 6.07. The summed E-state index contributed by atoms with van der Waals surface area (Å²) >= 11 is 1.24. The average Bonchev–Trinajstić information content (AvgIpc) is 3.57. The van der Waals surface area contributed by atoms with Crippen LogP contribution >= 0.6 is 11.3 Å². The number of benzene rings is 3. The number of aliphatic hydroxyl groups is 1. The third-order valence-electron chi connectivity index (χ3n) is 6.99. The molecule has 43 heavy (non-hydrogen) atoms. The predicted octanol–water partition coefficient (Wildman–Crippen LogP) is 5.67. The third-order valence-corrected chi connectivity index (χ3v) is 8.01. The summed E-state index contributed by atoms with van der Waals surface area (Å²) in [4.78, 5) is 33.5. The number of carbonyl (C=O) groups is 2. The van der Waals surface area contributed by atoms with Crippen molar-refractivity contribution < 1.29 is 38.4 Å². The van der Waals surface area contributed by atoms with E-state index < -0.39 is 17.7 Å². The molecule has 3 heterocycles. The topological polar surface area (TPSA) is 117 Å². The van der Waals surface area contributed by atoms with E-state index in [1.807, 2.05) is 13.0 Å². The van der Waals surface area contributed by atoms with Crippen LogP contribution in [-0.4, -0.2) is 55.3 Å². The van der Waals surface area contributed by atoms with E-state index in [-0.39, 0.29) is 17.9 Å². The van der Waals surface area contributed by atoms with Gasteiger partial charge in [-0.25, -0.2) is 4.98 Å². The summed E-state index contributed by atoms with van der Waals surface area (Å²) in [6.07, 6.45) is 1.62. The maximum Gasteiger partial charge on any atom is 0.301 e. The number of amides is 1. The van der Waals surface area contributed by atoms with Gasteiger partial charge < -0.3 is 28.8 Å². The van der Waals surface area contributed by atoms with Crippen LogP contribution in [0, 0.1) is 0 Å². The van der Waals surface area contributed by atoms with Crippen molar-refractivity contribution in [2.45, 2.75) is 13.0 Å². The molecule has 0 spiro atoms. The van der Waals surface area contributed by atoms with Crippen molar-refractivity contribution in [1.29, 1.82) is 0 Å². The normalized spacial score (nSPS) is 17.3. The first-order chi connectivity index (χ1) is 20.9. The number of carbonyl (C=O) groups excluding carboxylic acids is 2. The minimum absolute atomic E-state index is 0.0966. The largest absolute Gasteiger partial charge is 0.507 e. The van der Waals surface area contributed by atoms with E-state index in [1.54, 1.807) is 61.7 Å². The summed E-state index contributed by atoms with van der Waals surface area (Å²) in [6, 6.07) is 14.4. The van der Waals surface area contributed by atoms with E-state index in [0.29, 0.717) is 70.3 Å². The van der Waals surface area contributed by atoms with E-state index in [0.717, 1.165) is 4.70 Å². The number of methoxy groups -OCH3 is 1. The van der Waals surface area contributed by atoms with Crippen molar-refractivity contribution in [3.63, 3.8) is 0 Å². The first kappa shape index (κ1) is 28.1. The average molecular weight is 601 g/mol. The number of ketones is 1. The van der Waals surface area contributed by atoms with E-state index in [1.165, 1.54) is 16.2 Å². The SMILES string of the molecule is C=CCOc1ccc([C@H]2/C(=C(\O)c3ccc4c(c3)OCCO4)C(=O)C(=O)N2c2nc3ccc(OC)cc3s2)cc1OCC. The van der Waals surface area contributed by atoms with Gasteiger partial charge in [0.15, 0.2) is 28.1 Å². The van der Waals surface area contributed by atoms with Crippen LogP contribution < -0.4 is 28.6 Å². The van der Waals surface area contributed by atoms with E-state index in [4.69, 9.17) is 23.7 Å². The van der Waals surface area contributed by atoms with Crippen molar-refractivity contribution >= 4 is 44.1 Å². The summed E-state index contributed by atoms with van der Waals surface area (Å²) in [5, 5.41) is 11.9. The molecule has 3 aromatic carbocycles. The molecular weight excluding hydrogens is 572 g/mol. The minimum Gasteiger partial charge on any atom is -0.507 e. The summed E-state index contributed by atoms with van der Waals surface area (Å²) < 4.78 is 29.0. The summed E-state index contributed by atoms with van der Waals surface area (Å²) in [7, 11) is 1.57. The van der Waals surface area contributed by atoms with Crippen LogP contribution in [0.15, 0.2) is 72.8 Å². The van der Waals surface area contributed by atoms with Gasteiger partial charge in [-0.3, -0.25) is 14.5 Å². The second-order valence-corrected chi connectivity index (χ2v) is 10.6. The Morgan fingerprint density at radius 3 is 2.65 bits per heavy atom. The maximum atomic E-state index is 13.7. The zero-order chi connectivity index (χ0) is 30.1. The predicted molar refractivity (Wildman–Crippen MR) is 162 cm³/mol. The van der Waals surface area contributed by atoms with Crippen LogP contribution in [0.25, 0.3) is 16.0 Å². The molecule has 1 fully saturated rings. The lowest BCUT2D eigenvalue weighted by Gasteiger charge is -2.24. The van der Waals surface area contributed by atoms with Crippen molar-refractivity contribution in [3.05, 3.63) is 84.0 Å². The molecule has 0 unspecified atom stereocenters. The molecular formula is C32H28N2O8S. The smallest absolute Gasteiger partial charge is 0.301 e. The number of aromatic nitrogens is 1. The van der Waals surface area contributed by atoms with Crippen LogP contribution in [0.1, 0.15) is 24.1 Å². The van der Waals surface area contributed by atoms with Crippen molar-refractivity contribution in [2.24, 2.45) is 0 Å². The quantitative estimate of drug-likeness (QED) is 0.112. The van der Waals surface area contributed by atoms with Crippen LogP contribution in [0.2, 0.25) is 0 Å². The number of Topliss-reactive ketones (excluding diaryl/α,β-unsaturated/α-hetero) is 1. The van der Waals surface area contributed by atoms with Crippen molar-refractivity contribution in [1.82, 2.24) is 4.98 Å². The Hall–Kier alpha value is -5.03. The number of ether oxygens (including phenoxy) is 5. The van der Waals surface area contributed by atoms with Gasteiger partial charge in [0.05, 0.1) is 35.5 Å². The van der Waals surface area contributed by atoms with Gasteiger partial charge in [-0.2, -0.15) is 0 Å². The van der Waals surface area contributed by atoms with Gasteiger partial charge in [0.25, 0.3) is 5.78 Å². The van der Waals surface area contributed by atoms with Crippen molar-refractivity contribution in [3.8, 4) is 28.7 Å². The number of aliphatic hydroxyl groups excluding tert-OH is 1. The van der Waals surface area contributed by atoms with E-state index >= 15 is 0 Å². The number of fused-ring (bicyclic) bond motifs is 2. The van der Waals surface area contributed by atoms with Crippen LogP contribution in [0.3, 0.4) is 0 Å². The molecule has 2 aliphatic rings. The summed E-state index contributed by atoms with van der Waals surface area (Å²) in [6.45, 7) is 6.91. The Morgan fingerprint density at radius 2 is 1.88 bits per heavy atom. The highest BCUT2D eigenvalue weighted by atomic mass is 32.1. The number of nitrogens with zero attached hydrogens (tertiary/aromatic N) is 2. The summed E-state index contributed by atoms with van der Waals surface area (Å²) in [5.74, 6) is 0.470. The number of anilines is 1. The molecule has 1 aromatic heterocycles. The molecule has 0 saturated carbocycles. The Balaban J connectivity index is 1.53. The lowest BCUT2D eigenvalue weighted by molar-refractivity contribution is -0.132. The zero-order valence-corrected chi connectivity index (χ0v) is 24.3. The molecule has 2 aliphatic heterocycles. The van der Waals surface area contributed by atoms with Gasteiger partial charge >= 0.3 is 5.91 Å². The molecule has 220 valence electrons. The van der Waals surface area contributed by atoms with Gasteiger partial charge in [0.2, 0.25) is 0 Å². The number of hydrogen-bond acceptors (Lipinski definition) is 10. The fourth-order valence-electron chi connectivity index (χ4n) is 5.05. The highest BCUT2D eigenvalue weighted by molar-refractivity contribution is 7.22. The molecule has 0 aliphatic carbocycles. The minimum atomic E-state index is -1.02. The molecule has 10 nitrogen and oxygen atoms in total. The van der Waals surface area contributed by atoms with Crippen molar-refractivity contribution in [2.75, 3.05) is 38.4 Å². The van der Waals surface area contributed by atoms with Gasteiger partial charge in [0, 0.05) is 5.56 Å². The second kappa shape index (κ2) is 11.7. The molecule has 1 N–H and O–H groups in total. The zero-order valence-electron chi connectivity index (χ0n) is 23.5. The lowest BCUT2D eigenvalue weighted by Crippen LogP contribution is -2.29. The fraction of sp³-hybridized carbons (Fsp3) is 0.219. The molecule has 1 saturated heterocycles. The Labute approximate surface area is 251 Å². The van der Waals surface area contributed by atoms with Gasteiger partial charge in [-0.05, 0) is 61.0 Å². The number of rotatable bonds is 9. The van der Waals surface area contributed by atoms with Crippen LogP contribution in [0.4, 0.5) is 5.13 Å². The monoisotopic (exact) mass is 600 g/mol. The van der Waals surface area contributed by atoms with Crippen LogP contribution in [0.5, 0.6) is 28.7 Å². The van der Waals surface area contributed by atoms with Crippen LogP contribution in [-0.2, 0) is 9.59 Å². The Morgan fingerprint density at radius 1 is 1.07 bits per heavy atom. The molecule has 1 atom stereocenters.